The van der Waals surface area contributed by atoms with Gasteiger partial charge in [-0.1, -0.05) is 24.3 Å². The molecule has 5 nitrogen and oxygen atoms in total. The molecule has 0 fully saturated rings. The number of rotatable bonds is 7. The molecular formula is C20H22FNO4. The lowest BCUT2D eigenvalue weighted by Gasteiger charge is -2.18. The Labute approximate surface area is 152 Å². The Balaban J connectivity index is 1.85. The van der Waals surface area contributed by atoms with E-state index in [9.17, 15) is 14.0 Å². The number of hydrogen-bond acceptors (Lipinski definition) is 4. The van der Waals surface area contributed by atoms with E-state index in [4.69, 9.17) is 9.47 Å². The van der Waals surface area contributed by atoms with Crippen molar-refractivity contribution in [2.75, 3.05) is 7.11 Å². The number of amides is 1. The minimum absolute atomic E-state index is 0.0646. The molecule has 2 aromatic carbocycles. The first kappa shape index (κ1) is 19.4. The van der Waals surface area contributed by atoms with Gasteiger partial charge < -0.3 is 14.8 Å². The van der Waals surface area contributed by atoms with Crippen molar-refractivity contribution in [3.63, 3.8) is 0 Å². The Morgan fingerprint density at radius 2 is 1.65 bits per heavy atom. The fourth-order valence-corrected chi connectivity index (χ4v) is 2.37. The maximum atomic E-state index is 13.0. The first-order valence-electron chi connectivity index (χ1n) is 8.27. The molecule has 0 bridgehead atoms. The second-order valence-corrected chi connectivity index (χ2v) is 5.94. The number of hydrogen-bond donors (Lipinski definition) is 1. The van der Waals surface area contributed by atoms with Crippen molar-refractivity contribution >= 4 is 11.9 Å². The second-order valence-electron chi connectivity index (χ2n) is 5.94. The van der Waals surface area contributed by atoms with E-state index in [1.165, 1.54) is 19.1 Å². The van der Waals surface area contributed by atoms with Gasteiger partial charge in [-0.25, -0.2) is 4.39 Å². The summed E-state index contributed by atoms with van der Waals surface area (Å²) in [7, 11) is 1.57. The van der Waals surface area contributed by atoms with Crippen LogP contribution in [0.3, 0.4) is 0 Å². The maximum absolute atomic E-state index is 13.0. The van der Waals surface area contributed by atoms with E-state index in [1.54, 1.807) is 50.4 Å². The standard InChI is InChI=1S/C20H22FNO4/c1-13(16-6-8-17(21)9-7-16)22-20(24)14(2)26-19(23)12-15-4-10-18(25-3)11-5-15/h4-11,13-14H,12H2,1-3H3,(H,22,24). The van der Waals surface area contributed by atoms with E-state index < -0.39 is 18.0 Å². The molecule has 2 unspecified atom stereocenters. The van der Waals surface area contributed by atoms with E-state index in [-0.39, 0.29) is 18.3 Å². The first-order chi connectivity index (χ1) is 12.4. The van der Waals surface area contributed by atoms with E-state index in [2.05, 4.69) is 5.32 Å². The molecule has 2 rings (SSSR count). The van der Waals surface area contributed by atoms with Gasteiger partial charge in [0.25, 0.3) is 5.91 Å². The van der Waals surface area contributed by atoms with Crippen LogP contribution in [0.2, 0.25) is 0 Å². The lowest BCUT2D eigenvalue weighted by atomic mass is 10.1. The van der Waals surface area contributed by atoms with Crippen LogP contribution in [-0.2, 0) is 20.7 Å². The van der Waals surface area contributed by atoms with Crippen LogP contribution in [0.4, 0.5) is 4.39 Å². The van der Waals surface area contributed by atoms with Crippen LogP contribution in [0.5, 0.6) is 5.75 Å². The average Bonchev–Trinajstić information content (AvgIpc) is 2.62. The Morgan fingerprint density at radius 3 is 2.23 bits per heavy atom. The minimum Gasteiger partial charge on any atom is -0.497 e. The highest BCUT2D eigenvalue weighted by Gasteiger charge is 2.20. The van der Waals surface area contributed by atoms with Crippen LogP contribution in [0.1, 0.15) is 31.0 Å². The van der Waals surface area contributed by atoms with E-state index >= 15 is 0 Å². The zero-order chi connectivity index (χ0) is 19.1. The minimum atomic E-state index is -0.927. The van der Waals surface area contributed by atoms with Crippen molar-refractivity contribution in [3.8, 4) is 5.75 Å². The summed E-state index contributed by atoms with van der Waals surface area (Å²) in [4.78, 5) is 24.2. The summed E-state index contributed by atoms with van der Waals surface area (Å²) in [6, 6.07) is 12.6. The third kappa shape index (κ3) is 5.58. The molecule has 0 saturated carbocycles. The largest absolute Gasteiger partial charge is 0.497 e. The van der Waals surface area contributed by atoms with Gasteiger partial charge in [-0.2, -0.15) is 0 Å². The Hall–Kier alpha value is -2.89. The quantitative estimate of drug-likeness (QED) is 0.771. The van der Waals surface area contributed by atoms with Gasteiger partial charge in [0, 0.05) is 0 Å². The van der Waals surface area contributed by atoms with Crippen molar-refractivity contribution in [1.29, 1.82) is 0 Å². The Kier molecular flexibility index (Phi) is 6.72. The van der Waals surface area contributed by atoms with Crippen LogP contribution in [0.25, 0.3) is 0 Å². The van der Waals surface area contributed by atoms with Crippen LogP contribution < -0.4 is 10.1 Å². The number of ether oxygens (including phenoxy) is 2. The van der Waals surface area contributed by atoms with E-state index in [1.807, 2.05) is 0 Å². The molecule has 6 heteroatoms. The maximum Gasteiger partial charge on any atom is 0.311 e. The monoisotopic (exact) mass is 359 g/mol. The molecule has 1 amide bonds. The van der Waals surface area contributed by atoms with Crippen molar-refractivity contribution in [1.82, 2.24) is 5.32 Å². The number of benzene rings is 2. The number of carbonyl (C=O) groups excluding carboxylic acids is 2. The topological polar surface area (TPSA) is 64.6 Å². The molecule has 1 N–H and O–H groups in total. The summed E-state index contributed by atoms with van der Waals surface area (Å²) in [6.45, 7) is 3.29. The van der Waals surface area contributed by atoms with Crippen LogP contribution >= 0.6 is 0 Å². The van der Waals surface area contributed by atoms with E-state index in [0.29, 0.717) is 5.75 Å². The summed E-state index contributed by atoms with van der Waals surface area (Å²) in [5.74, 6) is -0.546. The Bertz CT molecular complexity index is 743. The highest BCUT2D eigenvalue weighted by atomic mass is 19.1. The molecule has 0 saturated heterocycles. The normalized spacial score (nSPS) is 12.8. The average molecular weight is 359 g/mol. The fraction of sp³-hybridized carbons (Fsp3) is 0.300. The number of halogens is 1. The fourth-order valence-electron chi connectivity index (χ4n) is 2.37. The molecular weight excluding hydrogens is 337 g/mol. The lowest BCUT2D eigenvalue weighted by molar-refractivity contribution is -0.154. The molecule has 26 heavy (non-hydrogen) atoms. The number of esters is 1. The predicted octanol–water partition coefficient (Wildman–Crippen LogP) is 3.19. The van der Waals surface area contributed by atoms with Gasteiger partial charge in [-0.3, -0.25) is 9.59 Å². The van der Waals surface area contributed by atoms with Crippen molar-refractivity contribution in [2.45, 2.75) is 32.4 Å². The van der Waals surface area contributed by atoms with Crippen LogP contribution in [-0.4, -0.2) is 25.1 Å². The van der Waals surface area contributed by atoms with Gasteiger partial charge in [-0.15, -0.1) is 0 Å². The Morgan fingerprint density at radius 1 is 1.04 bits per heavy atom. The van der Waals surface area contributed by atoms with Crippen molar-refractivity contribution in [3.05, 3.63) is 65.5 Å². The summed E-state index contributed by atoms with van der Waals surface area (Å²) in [5, 5.41) is 2.74. The highest BCUT2D eigenvalue weighted by Crippen LogP contribution is 2.14. The molecule has 0 aliphatic rings. The molecule has 2 atom stereocenters. The number of methoxy groups -OCH3 is 1. The van der Waals surface area contributed by atoms with Crippen LogP contribution in [0.15, 0.2) is 48.5 Å². The lowest BCUT2D eigenvalue weighted by Crippen LogP contribution is -2.37. The molecule has 0 heterocycles. The molecule has 138 valence electrons. The molecule has 0 spiro atoms. The number of nitrogens with one attached hydrogen (secondary N) is 1. The molecule has 0 aliphatic carbocycles. The third-order valence-corrected chi connectivity index (χ3v) is 3.91. The van der Waals surface area contributed by atoms with Gasteiger partial charge >= 0.3 is 5.97 Å². The third-order valence-electron chi connectivity index (χ3n) is 3.91. The molecule has 0 radical (unpaired) electrons. The SMILES string of the molecule is COc1ccc(CC(=O)OC(C)C(=O)NC(C)c2ccc(F)cc2)cc1. The molecule has 0 aromatic heterocycles. The van der Waals surface area contributed by atoms with Gasteiger partial charge in [0.1, 0.15) is 11.6 Å². The summed E-state index contributed by atoms with van der Waals surface area (Å²) in [5.41, 5.74) is 1.53. The van der Waals surface area contributed by atoms with E-state index in [0.717, 1.165) is 11.1 Å². The summed E-state index contributed by atoms with van der Waals surface area (Å²) >= 11 is 0. The van der Waals surface area contributed by atoms with Crippen molar-refractivity contribution in [2.24, 2.45) is 0 Å². The summed E-state index contributed by atoms with van der Waals surface area (Å²) < 4.78 is 23.2. The van der Waals surface area contributed by atoms with Crippen LogP contribution in [0, 0.1) is 5.82 Å². The zero-order valence-electron chi connectivity index (χ0n) is 15.0. The summed E-state index contributed by atoms with van der Waals surface area (Å²) in [6.07, 6.45) is -0.863. The van der Waals surface area contributed by atoms with Gasteiger partial charge in [-0.05, 0) is 49.2 Å². The smallest absolute Gasteiger partial charge is 0.311 e. The molecule has 2 aromatic rings. The second kappa shape index (κ2) is 8.99. The van der Waals surface area contributed by atoms with Gasteiger partial charge in [0.15, 0.2) is 6.10 Å². The van der Waals surface area contributed by atoms with Gasteiger partial charge in [0.2, 0.25) is 0 Å². The highest BCUT2D eigenvalue weighted by molar-refractivity contribution is 5.84. The first-order valence-corrected chi connectivity index (χ1v) is 8.27. The molecule has 0 aliphatic heterocycles. The van der Waals surface area contributed by atoms with Crippen molar-refractivity contribution < 1.29 is 23.5 Å². The number of carbonyl (C=O) groups is 2. The van der Waals surface area contributed by atoms with Gasteiger partial charge in [0.05, 0.1) is 19.6 Å². The predicted molar refractivity (Wildman–Crippen MR) is 95.2 cm³/mol. The zero-order valence-corrected chi connectivity index (χ0v) is 15.0.